The van der Waals surface area contributed by atoms with Crippen molar-refractivity contribution in [2.75, 3.05) is 0 Å². The summed E-state index contributed by atoms with van der Waals surface area (Å²) in [5.74, 6) is -0.164. The molecule has 3 aliphatic rings. The Bertz CT molecular complexity index is 790. The van der Waals surface area contributed by atoms with Crippen LogP contribution in [0.2, 0.25) is 0 Å². The zero-order valence-corrected chi connectivity index (χ0v) is 21.1. The molecule has 0 radical (unpaired) electrons. The summed E-state index contributed by atoms with van der Waals surface area (Å²) >= 11 is 0. The molecular weight excluding hydrogens is 424 g/mol. The fourth-order valence-electron chi connectivity index (χ4n) is 5.69. The second-order valence-corrected chi connectivity index (χ2v) is 10.9. The maximum absolute atomic E-state index is 12.5. The van der Waals surface area contributed by atoms with Crippen molar-refractivity contribution in [3.8, 4) is 0 Å². The Kier molecular flexibility index (Phi) is 7.81. The van der Waals surface area contributed by atoms with Gasteiger partial charge in [0, 0.05) is 11.0 Å². The van der Waals surface area contributed by atoms with Crippen molar-refractivity contribution >= 4 is 5.97 Å². The first-order chi connectivity index (χ1) is 15.3. The molecular formula is C26H42O7. The van der Waals surface area contributed by atoms with Crippen molar-refractivity contribution in [1.29, 1.82) is 0 Å². The summed E-state index contributed by atoms with van der Waals surface area (Å²) in [7, 11) is 0. The van der Waals surface area contributed by atoms with Crippen LogP contribution < -0.4 is 0 Å². The second-order valence-electron chi connectivity index (χ2n) is 10.9. The highest BCUT2D eigenvalue weighted by Crippen LogP contribution is 2.56. The van der Waals surface area contributed by atoms with Crippen molar-refractivity contribution < 1.29 is 34.3 Å². The van der Waals surface area contributed by atoms with Gasteiger partial charge in [0.2, 0.25) is 0 Å². The Labute approximate surface area is 197 Å². The molecule has 1 saturated heterocycles. The van der Waals surface area contributed by atoms with E-state index in [2.05, 4.69) is 26.8 Å². The van der Waals surface area contributed by atoms with E-state index in [1.165, 1.54) is 5.57 Å². The van der Waals surface area contributed by atoms with Crippen molar-refractivity contribution in [3.05, 3.63) is 23.3 Å². The van der Waals surface area contributed by atoms with Crippen LogP contribution >= 0.6 is 0 Å². The smallest absolute Gasteiger partial charge is 0.333 e. The Balaban J connectivity index is 1.91. The lowest BCUT2D eigenvalue weighted by molar-refractivity contribution is -0.338. The topological polar surface area (TPSA) is 105 Å². The molecule has 3 N–H and O–H groups in total. The summed E-state index contributed by atoms with van der Waals surface area (Å²) in [5, 5.41) is 32.1. The first-order valence-electron chi connectivity index (χ1n) is 12.2. The molecule has 3 rings (SSSR count). The van der Waals surface area contributed by atoms with Crippen LogP contribution in [0.25, 0.3) is 0 Å². The zero-order valence-electron chi connectivity index (χ0n) is 21.1. The highest BCUT2D eigenvalue weighted by Gasteiger charge is 2.57. The van der Waals surface area contributed by atoms with Gasteiger partial charge in [-0.2, -0.15) is 0 Å². The summed E-state index contributed by atoms with van der Waals surface area (Å²) in [6, 6.07) is 0. The zero-order chi connectivity index (χ0) is 24.7. The van der Waals surface area contributed by atoms with Gasteiger partial charge in [0.1, 0.15) is 12.2 Å². The van der Waals surface area contributed by atoms with Gasteiger partial charge in [-0.3, -0.25) is 0 Å². The fourth-order valence-corrected chi connectivity index (χ4v) is 5.69. The van der Waals surface area contributed by atoms with E-state index in [-0.39, 0.29) is 11.3 Å². The summed E-state index contributed by atoms with van der Waals surface area (Å²) in [5.41, 5.74) is 0.723. The molecule has 0 aromatic heterocycles. The quantitative estimate of drug-likeness (QED) is 0.324. The molecule has 0 spiro atoms. The number of carbonyl (C=O) groups is 1. The van der Waals surface area contributed by atoms with Crippen LogP contribution in [0.5, 0.6) is 0 Å². The highest BCUT2D eigenvalue weighted by atomic mass is 16.7. The lowest BCUT2D eigenvalue weighted by atomic mass is 9.54. The monoisotopic (exact) mass is 466 g/mol. The number of aliphatic hydroxyl groups is 3. The predicted molar refractivity (Wildman–Crippen MR) is 124 cm³/mol. The minimum absolute atomic E-state index is 0.0210. The molecule has 7 nitrogen and oxygen atoms in total. The van der Waals surface area contributed by atoms with Gasteiger partial charge in [-0.25, -0.2) is 4.79 Å². The third-order valence-corrected chi connectivity index (χ3v) is 8.36. The molecule has 0 bridgehead atoms. The van der Waals surface area contributed by atoms with Crippen LogP contribution in [0.15, 0.2) is 23.3 Å². The number of ether oxygens (including phenoxy) is 3. The molecule has 33 heavy (non-hydrogen) atoms. The average molecular weight is 467 g/mol. The maximum atomic E-state index is 12.5. The van der Waals surface area contributed by atoms with Crippen LogP contribution in [0.3, 0.4) is 0 Å². The van der Waals surface area contributed by atoms with E-state index in [1.54, 1.807) is 26.8 Å². The molecule has 7 heteroatoms. The van der Waals surface area contributed by atoms with Crippen LogP contribution in [-0.2, 0) is 19.0 Å². The molecule has 0 amide bonds. The number of fused-ring (bicyclic) bond motifs is 1. The fraction of sp³-hybridized carbons (Fsp3) is 0.808. The Morgan fingerprint density at radius 2 is 1.91 bits per heavy atom. The van der Waals surface area contributed by atoms with Crippen molar-refractivity contribution in [2.24, 2.45) is 17.3 Å². The minimum atomic E-state index is -1.34. The van der Waals surface area contributed by atoms with E-state index in [0.717, 1.165) is 12.8 Å². The Hall–Kier alpha value is -1.25. The summed E-state index contributed by atoms with van der Waals surface area (Å²) in [6.07, 6.45) is 0.791. The lowest BCUT2D eigenvalue weighted by Crippen LogP contribution is -2.63. The lowest BCUT2D eigenvalue weighted by Gasteiger charge is -2.57. The number of esters is 1. The normalized spacial score (nSPS) is 44.3. The summed E-state index contributed by atoms with van der Waals surface area (Å²) in [6.45, 7) is 13.5. The Morgan fingerprint density at radius 1 is 1.24 bits per heavy atom. The SMILES string of the molecule is C/C=C(/C)C(=O)O[C@@H]1[C@H](O[C@]2(C)CC[C@H](O)[C@]3(C)CC=C(C(C)C)C[C@@H]32)O[C@H](C)[C@@H](O)[C@H]1O. The molecule has 9 atom stereocenters. The first kappa shape index (κ1) is 26.4. The van der Waals surface area contributed by atoms with Crippen LogP contribution in [0.1, 0.15) is 74.1 Å². The highest BCUT2D eigenvalue weighted by molar-refractivity contribution is 5.87. The molecule has 0 unspecified atom stereocenters. The van der Waals surface area contributed by atoms with E-state index in [0.29, 0.717) is 24.3 Å². The Morgan fingerprint density at radius 3 is 2.52 bits per heavy atom. The summed E-state index contributed by atoms with van der Waals surface area (Å²) in [4.78, 5) is 12.5. The van der Waals surface area contributed by atoms with E-state index < -0.39 is 48.4 Å². The van der Waals surface area contributed by atoms with Gasteiger partial charge in [0.05, 0.1) is 17.8 Å². The first-order valence-corrected chi connectivity index (χ1v) is 12.2. The second kappa shape index (κ2) is 9.78. The molecule has 1 saturated carbocycles. The van der Waals surface area contributed by atoms with Crippen molar-refractivity contribution in [3.63, 3.8) is 0 Å². The van der Waals surface area contributed by atoms with E-state index >= 15 is 0 Å². The number of hydrogen-bond acceptors (Lipinski definition) is 7. The van der Waals surface area contributed by atoms with Gasteiger partial charge >= 0.3 is 5.97 Å². The molecule has 1 aliphatic heterocycles. The predicted octanol–water partition coefficient (Wildman–Crippen LogP) is 3.26. The minimum Gasteiger partial charge on any atom is -0.451 e. The molecule has 0 aromatic rings. The van der Waals surface area contributed by atoms with Gasteiger partial charge in [0.15, 0.2) is 12.4 Å². The summed E-state index contributed by atoms with van der Waals surface area (Å²) < 4.78 is 18.2. The molecule has 2 aliphatic carbocycles. The molecule has 0 aromatic carbocycles. The average Bonchev–Trinajstić information content (AvgIpc) is 2.77. The van der Waals surface area contributed by atoms with Gasteiger partial charge in [0.25, 0.3) is 0 Å². The van der Waals surface area contributed by atoms with Crippen LogP contribution in [0, 0.1) is 17.3 Å². The van der Waals surface area contributed by atoms with E-state index in [4.69, 9.17) is 14.2 Å². The maximum Gasteiger partial charge on any atom is 0.333 e. The third-order valence-electron chi connectivity index (χ3n) is 8.36. The van der Waals surface area contributed by atoms with Crippen molar-refractivity contribution in [2.45, 2.75) is 117 Å². The largest absolute Gasteiger partial charge is 0.451 e. The molecule has 2 fully saturated rings. The number of hydrogen-bond donors (Lipinski definition) is 3. The van der Waals surface area contributed by atoms with Crippen LogP contribution in [-0.4, -0.2) is 63.7 Å². The third kappa shape index (κ3) is 4.94. The molecule has 188 valence electrons. The number of allylic oxidation sites excluding steroid dienone is 3. The number of aliphatic hydroxyl groups excluding tert-OH is 3. The van der Waals surface area contributed by atoms with Gasteiger partial charge < -0.3 is 29.5 Å². The van der Waals surface area contributed by atoms with E-state index in [1.807, 2.05) is 6.92 Å². The van der Waals surface area contributed by atoms with Gasteiger partial charge in [-0.1, -0.05) is 38.5 Å². The van der Waals surface area contributed by atoms with E-state index in [9.17, 15) is 20.1 Å². The van der Waals surface area contributed by atoms with Crippen LogP contribution in [0.4, 0.5) is 0 Å². The van der Waals surface area contributed by atoms with Crippen molar-refractivity contribution in [1.82, 2.24) is 0 Å². The standard InChI is InChI=1S/C26H42O7/c1-8-15(4)23(30)32-22-21(29)20(28)16(5)31-24(22)33-26(7)12-10-19(27)25(6)11-9-17(14(2)3)13-18(25)26/h8-9,14,16,18-22,24,27-29H,10-13H2,1-7H3/b15-8-/t16-,18+,19+,20-,21-,22+,24+,25-,26-/m1/s1. The number of rotatable bonds is 5. The van der Waals surface area contributed by atoms with Gasteiger partial charge in [-0.15, -0.1) is 0 Å². The van der Waals surface area contributed by atoms with Gasteiger partial charge in [-0.05, 0) is 65.2 Å². The number of carbonyl (C=O) groups excluding carboxylic acids is 1. The molecule has 1 heterocycles.